The third-order valence-corrected chi connectivity index (χ3v) is 4.93. The van der Waals surface area contributed by atoms with E-state index in [9.17, 15) is 4.39 Å². The number of guanidine groups is 1. The molecule has 3 rings (SSSR count). The van der Waals surface area contributed by atoms with Gasteiger partial charge in [0.2, 0.25) is 0 Å². The van der Waals surface area contributed by atoms with Crippen LogP contribution in [0.25, 0.3) is 5.65 Å². The van der Waals surface area contributed by atoms with Gasteiger partial charge in [-0.15, -0.1) is 0 Å². The van der Waals surface area contributed by atoms with Crippen LogP contribution in [0.4, 0.5) is 4.39 Å². The van der Waals surface area contributed by atoms with Crippen molar-refractivity contribution >= 4 is 11.6 Å². The van der Waals surface area contributed by atoms with Crippen molar-refractivity contribution in [2.45, 2.75) is 32.6 Å². The van der Waals surface area contributed by atoms with Crippen LogP contribution < -0.4 is 10.6 Å². The summed E-state index contributed by atoms with van der Waals surface area (Å²) in [6.45, 7) is 7.60. The molecule has 0 fully saturated rings. The monoisotopic (exact) mass is 381 g/mol. The highest BCUT2D eigenvalue weighted by Gasteiger charge is 2.21. The summed E-state index contributed by atoms with van der Waals surface area (Å²) >= 11 is 0. The van der Waals surface area contributed by atoms with Crippen LogP contribution in [0.5, 0.6) is 0 Å². The van der Waals surface area contributed by atoms with Gasteiger partial charge in [-0.1, -0.05) is 32.0 Å². The summed E-state index contributed by atoms with van der Waals surface area (Å²) in [6, 6.07) is 10.8. The van der Waals surface area contributed by atoms with Crippen LogP contribution in [0, 0.1) is 12.7 Å². The molecule has 0 aliphatic rings. The molecule has 2 N–H and O–H groups in total. The fourth-order valence-electron chi connectivity index (χ4n) is 3.17. The Morgan fingerprint density at radius 1 is 1.21 bits per heavy atom. The second-order valence-corrected chi connectivity index (χ2v) is 7.65. The molecule has 0 unspecified atom stereocenters. The molecule has 0 spiro atoms. The number of halogens is 1. The average molecular weight is 381 g/mol. The number of rotatable bonds is 6. The number of benzene rings is 1. The summed E-state index contributed by atoms with van der Waals surface area (Å²) in [6.07, 6.45) is 4.88. The van der Waals surface area contributed by atoms with Gasteiger partial charge in [-0.25, -0.2) is 9.37 Å². The molecule has 0 bridgehead atoms. The number of aromatic nitrogens is 2. The van der Waals surface area contributed by atoms with E-state index in [0.29, 0.717) is 6.54 Å². The van der Waals surface area contributed by atoms with Gasteiger partial charge in [0.25, 0.3) is 0 Å². The molecule has 0 radical (unpaired) electrons. The van der Waals surface area contributed by atoms with Crippen LogP contribution in [0.15, 0.2) is 53.8 Å². The van der Waals surface area contributed by atoms with Gasteiger partial charge in [0.1, 0.15) is 11.5 Å². The lowest BCUT2D eigenvalue weighted by molar-refractivity contribution is 0.503. The average Bonchev–Trinajstić information content (AvgIpc) is 3.09. The molecule has 1 aromatic carbocycles. The van der Waals surface area contributed by atoms with E-state index in [0.717, 1.165) is 35.8 Å². The van der Waals surface area contributed by atoms with Gasteiger partial charge < -0.3 is 15.0 Å². The second kappa shape index (κ2) is 8.42. The Labute approximate surface area is 165 Å². The quantitative estimate of drug-likeness (QED) is 0.508. The first kappa shape index (κ1) is 19.9. The zero-order valence-corrected chi connectivity index (χ0v) is 17.0. The number of pyridine rings is 1. The van der Waals surface area contributed by atoms with Gasteiger partial charge in [-0.3, -0.25) is 4.99 Å². The molecule has 148 valence electrons. The normalized spacial score (nSPS) is 12.4. The predicted molar refractivity (Wildman–Crippen MR) is 112 cm³/mol. The van der Waals surface area contributed by atoms with Crippen molar-refractivity contribution in [2.75, 3.05) is 20.1 Å². The molecular formula is C22H28FN5. The number of fused-ring (bicyclic) bond motifs is 1. The summed E-state index contributed by atoms with van der Waals surface area (Å²) < 4.78 is 15.6. The maximum Gasteiger partial charge on any atom is 0.191 e. The number of aryl methyl sites for hydroxylation is 1. The molecule has 5 nitrogen and oxygen atoms in total. The van der Waals surface area contributed by atoms with E-state index in [4.69, 9.17) is 4.98 Å². The minimum absolute atomic E-state index is 0.212. The van der Waals surface area contributed by atoms with E-state index < -0.39 is 0 Å². The van der Waals surface area contributed by atoms with E-state index in [-0.39, 0.29) is 11.2 Å². The lowest BCUT2D eigenvalue weighted by atomic mass is 9.84. The number of hydrogen-bond acceptors (Lipinski definition) is 2. The highest BCUT2D eigenvalue weighted by atomic mass is 19.1. The number of imidazole rings is 1. The lowest BCUT2D eigenvalue weighted by Crippen LogP contribution is -2.44. The van der Waals surface area contributed by atoms with Crippen molar-refractivity contribution in [3.63, 3.8) is 0 Å². The van der Waals surface area contributed by atoms with Crippen LogP contribution in [-0.2, 0) is 11.8 Å². The van der Waals surface area contributed by atoms with Gasteiger partial charge in [-0.05, 0) is 36.2 Å². The van der Waals surface area contributed by atoms with E-state index in [2.05, 4.69) is 53.1 Å². The lowest BCUT2D eigenvalue weighted by Gasteiger charge is -2.26. The van der Waals surface area contributed by atoms with Crippen LogP contribution in [0.1, 0.15) is 30.7 Å². The molecule has 0 aliphatic carbocycles. The Morgan fingerprint density at radius 2 is 2.04 bits per heavy atom. The van der Waals surface area contributed by atoms with Gasteiger partial charge in [0.15, 0.2) is 5.96 Å². The Bertz CT molecular complexity index is 974. The molecular weight excluding hydrogens is 353 g/mol. The van der Waals surface area contributed by atoms with Gasteiger partial charge >= 0.3 is 0 Å². The highest BCUT2D eigenvalue weighted by Crippen LogP contribution is 2.22. The van der Waals surface area contributed by atoms with Crippen LogP contribution in [0.2, 0.25) is 0 Å². The molecule has 28 heavy (non-hydrogen) atoms. The Morgan fingerprint density at radius 3 is 2.75 bits per heavy atom. The molecule has 0 aliphatic heterocycles. The molecule has 0 amide bonds. The SMILES string of the molecule is CN=C(NCCc1cn2cccc(C)c2n1)NCC(C)(C)c1cccc(F)c1. The van der Waals surface area contributed by atoms with Gasteiger partial charge in [0, 0.05) is 44.4 Å². The largest absolute Gasteiger partial charge is 0.356 e. The van der Waals surface area contributed by atoms with Crippen LogP contribution in [-0.4, -0.2) is 35.5 Å². The number of aliphatic imine (C=N–C) groups is 1. The fourth-order valence-corrected chi connectivity index (χ4v) is 3.17. The fraction of sp³-hybridized carbons (Fsp3) is 0.364. The summed E-state index contributed by atoms with van der Waals surface area (Å²) in [4.78, 5) is 8.98. The smallest absolute Gasteiger partial charge is 0.191 e. The predicted octanol–water partition coefficient (Wildman–Crippen LogP) is 3.47. The topological polar surface area (TPSA) is 53.7 Å². The first-order valence-electron chi connectivity index (χ1n) is 9.53. The molecule has 3 aromatic rings. The third kappa shape index (κ3) is 4.68. The molecule has 2 aromatic heterocycles. The molecule has 0 atom stereocenters. The van der Waals surface area contributed by atoms with Crippen LogP contribution in [0.3, 0.4) is 0 Å². The Kier molecular flexibility index (Phi) is 5.97. The molecule has 2 heterocycles. The summed E-state index contributed by atoms with van der Waals surface area (Å²) in [5.74, 6) is 0.514. The highest BCUT2D eigenvalue weighted by molar-refractivity contribution is 5.79. The first-order valence-corrected chi connectivity index (χ1v) is 9.53. The van der Waals surface area contributed by atoms with Crippen molar-refractivity contribution in [3.05, 3.63) is 71.4 Å². The minimum atomic E-state index is -0.223. The Hall–Kier alpha value is -2.89. The zero-order chi connectivity index (χ0) is 20.1. The van der Waals surface area contributed by atoms with E-state index in [1.54, 1.807) is 19.2 Å². The first-order chi connectivity index (χ1) is 13.4. The third-order valence-electron chi connectivity index (χ3n) is 4.93. The summed E-state index contributed by atoms with van der Waals surface area (Å²) in [5, 5.41) is 6.67. The molecule has 0 saturated heterocycles. The van der Waals surface area contributed by atoms with Gasteiger partial charge in [-0.2, -0.15) is 0 Å². The number of hydrogen-bond donors (Lipinski definition) is 2. The standard InChI is InChI=1S/C22H28FN5/c1-16-7-6-12-28-14-19(27-20(16)28)10-11-25-21(24-4)26-15-22(2,3)17-8-5-9-18(23)13-17/h5-9,12-14H,10-11,15H2,1-4H3,(H2,24,25,26). The van der Waals surface area contributed by atoms with Crippen molar-refractivity contribution in [3.8, 4) is 0 Å². The van der Waals surface area contributed by atoms with E-state index >= 15 is 0 Å². The van der Waals surface area contributed by atoms with Crippen molar-refractivity contribution in [2.24, 2.45) is 4.99 Å². The minimum Gasteiger partial charge on any atom is -0.356 e. The maximum atomic E-state index is 13.5. The van der Waals surface area contributed by atoms with Gasteiger partial charge in [0.05, 0.1) is 5.69 Å². The molecule has 0 saturated carbocycles. The second-order valence-electron chi connectivity index (χ2n) is 7.65. The Balaban J connectivity index is 1.53. The maximum absolute atomic E-state index is 13.5. The van der Waals surface area contributed by atoms with E-state index in [1.807, 2.05) is 18.3 Å². The molecule has 6 heteroatoms. The zero-order valence-electron chi connectivity index (χ0n) is 17.0. The summed E-state index contributed by atoms with van der Waals surface area (Å²) in [5.41, 5.74) is 3.93. The van der Waals surface area contributed by atoms with Crippen LogP contribution >= 0.6 is 0 Å². The van der Waals surface area contributed by atoms with Crippen molar-refractivity contribution < 1.29 is 4.39 Å². The van der Waals surface area contributed by atoms with E-state index in [1.165, 1.54) is 11.6 Å². The number of nitrogens with one attached hydrogen (secondary N) is 2. The van der Waals surface area contributed by atoms with Crippen molar-refractivity contribution in [1.82, 2.24) is 20.0 Å². The number of nitrogens with zero attached hydrogens (tertiary/aromatic N) is 3. The summed E-state index contributed by atoms with van der Waals surface area (Å²) in [7, 11) is 1.75. The van der Waals surface area contributed by atoms with Crippen molar-refractivity contribution in [1.29, 1.82) is 0 Å².